The van der Waals surface area contributed by atoms with E-state index in [1.807, 2.05) is 5.48 Å². The predicted molar refractivity (Wildman–Crippen MR) is 41.6 cm³/mol. The second-order valence-corrected chi connectivity index (χ2v) is 2.37. The van der Waals surface area contributed by atoms with Crippen LogP contribution >= 0.6 is 0 Å². The van der Waals surface area contributed by atoms with Gasteiger partial charge in [-0.15, -0.1) is 0 Å². The highest BCUT2D eigenvalue weighted by atomic mass is 19.1. The number of benzene rings is 1. The van der Waals surface area contributed by atoms with Crippen LogP contribution in [0, 0.1) is 5.82 Å². The Morgan fingerprint density at radius 2 is 2.17 bits per heavy atom. The number of rotatable bonds is 1. The molecule has 0 saturated heterocycles. The molecular weight excluding hydrogens is 161 g/mol. The van der Waals surface area contributed by atoms with Crippen molar-refractivity contribution in [1.82, 2.24) is 0 Å². The van der Waals surface area contributed by atoms with Gasteiger partial charge in [-0.1, -0.05) is 0 Å². The third-order valence-corrected chi connectivity index (χ3v) is 1.69. The van der Waals surface area contributed by atoms with Crippen molar-refractivity contribution in [2.24, 2.45) is 0 Å². The quantitative estimate of drug-likeness (QED) is 0.641. The lowest BCUT2D eigenvalue weighted by Gasteiger charge is -1.99. The molecular formula is C8H6FNO2. The lowest BCUT2D eigenvalue weighted by Crippen LogP contribution is -1.89. The summed E-state index contributed by atoms with van der Waals surface area (Å²) in [5.41, 5.74) is 2.53. The molecule has 0 bridgehead atoms. The molecule has 2 rings (SSSR count). The van der Waals surface area contributed by atoms with Crippen LogP contribution in [-0.2, 0) is 0 Å². The van der Waals surface area contributed by atoms with E-state index in [0.717, 1.165) is 0 Å². The standard InChI is InChI=1S/C8H6FNO2/c9-6-1-2-7(10-11)5-3-4-12-8(5)6/h1-4,10-11H. The Morgan fingerprint density at radius 3 is 2.92 bits per heavy atom. The van der Waals surface area contributed by atoms with Crippen molar-refractivity contribution in [2.45, 2.75) is 0 Å². The number of nitrogens with one attached hydrogen (secondary N) is 1. The molecule has 0 fully saturated rings. The summed E-state index contributed by atoms with van der Waals surface area (Å²) in [5, 5.41) is 9.16. The minimum atomic E-state index is -0.436. The monoisotopic (exact) mass is 167 g/mol. The fraction of sp³-hybridized carbons (Fsp3) is 0. The molecule has 0 unspecified atom stereocenters. The fourth-order valence-electron chi connectivity index (χ4n) is 1.13. The molecule has 0 amide bonds. The van der Waals surface area contributed by atoms with E-state index in [1.165, 1.54) is 18.4 Å². The first-order valence-electron chi connectivity index (χ1n) is 3.39. The van der Waals surface area contributed by atoms with Gasteiger partial charge in [0.25, 0.3) is 0 Å². The molecule has 3 nitrogen and oxygen atoms in total. The molecule has 0 aliphatic rings. The minimum Gasteiger partial charge on any atom is -0.461 e. The maximum absolute atomic E-state index is 12.9. The van der Waals surface area contributed by atoms with E-state index < -0.39 is 5.82 Å². The highest BCUT2D eigenvalue weighted by Gasteiger charge is 2.07. The van der Waals surface area contributed by atoms with E-state index in [9.17, 15) is 4.39 Å². The zero-order chi connectivity index (χ0) is 8.55. The zero-order valence-corrected chi connectivity index (χ0v) is 6.04. The summed E-state index contributed by atoms with van der Waals surface area (Å²) >= 11 is 0. The van der Waals surface area contributed by atoms with Gasteiger partial charge in [0, 0.05) is 5.39 Å². The summed E-state index contributed by atoms with van der Waals surface area (Å²) in [5.74, 6) is -0.436. The molecule has 12 heavy (non-hydrogen) atoms. The van der Waals surface area contributed by atoms with E-state index in [1.54, 1.807) is 6.07 Å². The van der Waals surface area contributed by atoms with Gasteiger partial charge in [-0.2, -0.15) is 0 Å². The summed E-state index contributed by atoms with van der Waals surface area (Å²) in [6.07, 6.45) is 1.37. The Hall–Kier alpha value is -1.55. The zero-order valence-electron chi connectivity index (χ0n) is 6.04. The first-order chi connectivity index (χ1) is 5.83. The van der Waals surface area contributed by atoms with Crippen LogP contribution in [0.2, 0.25) is 0 Å². The van der Waals surface area contributed by atoms with Crippen molar-refractivity contribution in [3.05, 3.63) is 30.3 Å². The molecule has 0 aliphatic carbocycles. The molecule has 62 valence electrons. The minimum absolute atomic E-state index is 0.147. The second-order valence-electron chi connectivity index (χ2n) is 2.37. The second kappa shape index (κ2) is 2.49. The largest absolute Gasteiger partial charge is 0.461 e. The van der Waals surface area contributed by atoms with Crippen molar-refractivity contribution in [1.29, 1.82) is 0 Å². The van der Waals surface area contributed by atoms with Crippen LogP contribution in [0.25, 0.3) is 11.0 Å². The van der Waals surface area contributed by atoms with Gasteiger partial charge >= 0.3 is 0 Å². The van der Waals surface area contributed by atoms with E-state index in [4.69, 9.17) is 9.62 Å². The van der Waals surface area contributed by atoms with Gasteiger partial charge in [0.05, 0.1) is 12.0 Å². The Bertz CT molecular complexity index is 410. The normalized spacial score (nSPS) is 10.5. The average molecular weight is 167 g/mol. The summed E-state index contributed by atoms with van der Waals surface area (Å²) < 4.78 is 17.8. The Morgan fingerprint density at radius 1 is 1.33 bits per heavy atom. The van der Waals surface area contributed by atoms with Crippen molar-refractivity contribution in [3.63, 3.8) is 0 Å². The van der Waals surface area contributed by atoms with Crippen LogP contribution in [0.4, 0.5) is 10.1 Å². The van der Waals surface area contributed by atoms with E-state index in [0.29, 0.717) is 11.1 Å². The molecule has 1 aromatic heterocycles. The van der Waals surface area contributed by atoms with Crippen molar-refractivity contribution in [2.75, 3.05) is 5.48 Å². The molecule has 0 saturated carbocycles. The van der Waals surface area contributed by atoms with Gasteiger partial charge < -0.3 is 4.42 Å². The number of anilines is 1. The summed E-state index contributed by atoms with van der Waals surface area (Å²) in [6.45, 7) is 0. The van der Waals surface area contributed by atoms with E-state index in [-0.39, 0.29) is 5.58 Å². The van der Waals surface area contributed by atoms with Crippen molar-refractivity contribution < 1.29 is 14.0 Å². The van der Waals surface area contributed by atoms with Gasteiger partial charge in [-0.05, 0) is 18.2 Å². The molecule has 0 atom stereocenters. The average Bonchev–Trinajstić information content (AvgIpc) is 2.54. The number of hydrogen-bond donors (Lipinski definition) is 2. The highest BCUT2D eigenvalue weighted by Crippen LogP contribution is 2.26. The third kappa shape index (κ3) is 0.853. The van der Waals surface area contributed by atoms with Crippen LogP contribution < -0.4 is 5.48 Å². The first-order valence-corrected chi connectivity index (χ1v) is 3.39. The topological polar surface area (TPSA) is 45.4 Å². The van der Waals surface area contributed by atoms with Crippen LogP contribution in [0.1, 0.15) is 0 Å². The molecule has 2 N–H and O–H groups in total. The Labute approximate surface area is 67.4 Å². The fourth-order valence-corrected chi connectivity index (χ4v) is 1.13. The maximum Gasteiger partial charge on any atom is 0.171 e. The van der Waals surface area contributed by atoms with Gasteiger partial charge in [0.15, 0.2) is 11.4 Å². The molecule has 0 radical (unpaired) electrons. The highest BCUT2D eigenvalue weighted by molar-refractivity contribution is 5.90. The van der Waals surface area contributed by atoms with Gasteiger partial charge in [-0.25, -0.2) is 4.39 Å². The lowest BCUT2D eigenvalue weighted by atomic mass is 10.2. The number of halogens is 1. The number of fused-ring (bicyclic) bond motifs is 1. The van der Waals surface area contributed by atoms with E-state index in [2.05, 4.69) is 0 Å². The molecule has 4 heteroatoms. The van der Waals surface area contributed by atoms with Crippen LogP contribution in [0.3, 0.4) is 0 Å². The van der Waals surface area contributed by atoms with Gasteiger partial charge in [0.1, 0.15) is 0 Å². The van der Waals surface area contributed by atoms with E-state index >= 15 is 0 Å². The first kappa shape index (κ1) is 7.12. The smallest absolute Gasteiger partial charge is 0.171 e. The molecule has 1 aromatic carbocycles. The Balaban J connectivity index is 2.82. The van der Waals surface area contributed by atoms with Crippen LogP contribution in [0.15, 0.2) is 28.9 Å². The summed E-state index contributed by atoms with van der Waals surface area (Å²) in [4.78, 5) is 0. The number of hydrogen-bond acceptors (Lipinski definition) is 3. The molecule has 0 aliphatic heterocycles. The molecule has 2 aromatic rings. The summed E-state index contributed by atoms with van der Waals surface area (Å²) in [7, 11) is 0. The van der Waals surface area contributed by atoms with Gasteiger partial charge in [0.2, 0.25) is 0 Å². The molecule has 1 heterocycles. The predicted octanol–water partition coefficient (Wildman–Crippen LogP) is 2.37. The van der Waals surface area contributed by atoms with Crippen molar-refractivity contribution >= 4 is 16.7 Å². The maximum atomic E-state index is 12.9. The lowest BCUT2D eigenvalue weighted by molar-refractivity contribution is 0.389. The number of furan rings is 1. The van der Waals surface area contributed by atoms with Gasteiger partial charge in [-0.3, -0.25) is 10.7 Å². The summed E-state index contributed by atoms with van der Waals surface area (Å²) in [6, 6.07) is 4.24. The third-order valence-electron chi connectivity index (χ3n) is 1.69. The van der Waals surface area contributed by atoms with Crippen LogP contribution in [0.5, 0.6) is 0 Å². The Kier molecular flexibility index (Phi) is 1.48. The van der Waals surface area contributed by atoms with Crippen LogP contribution in [-0.4, -0.2) is 5.21 Å². The SMILES string of the molecule is ONc1ccc(F)c2occc12. The molecule has 0 spiro atoms. The van der Waals surface area contributed by atoms with Crippen molar-refractivity contribution in [3.8, 4) is 0 Å².